The van der Waals surface area contributed by atoms with Gasteiger partial charge in [0.1, 0.15) is 0 Å². The van der Waals surface area contributed by atoms with Crippen LogP contribution in [0.5, 0.6) is 0 Å². The minimum Gasteiger partial charge on any atom is -0.338 e. The fourth-order valence-electron chi connectivity index (χ4n) is 4.37. The van der Waals surface area contributed by atoms with Gasteiger partial charge in [-0.3, -0.25) is 4.79 Å². The summed E-state index contributed by atoms with van der Waals surface area (Å²) in [5, 5.41) is 13.1. The quantitative estimate of drug-likeness (QED) is 0.440. The van der Waals surface area contributed by atoms with Crippen molar-refractivity contribution < 1.29 is 4.79 Å². The van der Waals surface area contributed by atoms with Gasteiger partial charge in [0.25, 0.3) is 5.91 Å². The predicted octanol–water partition coefficient (Wildman–Crippen LogP) is 3.92. The van der Waals surface area contributed by atoms with Crippen LogP contribution in [0, 0.1) is 5.92 Å². The molecule has 0 bridgehead atoms. The molecule has 0 aliphatic carbocycles. The number of anilines is 2. The van der Waals surface area contributed by atoms with Crippen molar-refractivity contribution in [2.45, 2.75) is 19.3 Å². The van der Waals surface area contributed by atoms with Crippen LogP contribution < -0.4 is 4.90 Å². The summed E-state index contributed by atoms with van der Waals surface area (Å²) >= 11 is 0. The molecule has 8 heteroatoms. The molecular formula is C26H27N7O. The van der Waals surface area contributed by atoms with E-state index in [1.807, 2.05) is 83.7 Å². The van der Waals surface area contributed by atoms with E-state index in [9.17, 15) is 4.79 Å². The van der Waals surface area contributed by atoms with Crippen LogP contribution in [0.1, 0.15) is 28.9 Å². The lowest BCUT2D eigenvalue weighted by Gasteiger charge is -2.32. The van der Waals surface area contributed by atoms with Crippen LogP contribution in [0.2, 0.25) is 0 Å². The first-order chi connectivity index (χ1) is 16.7. The molecule has 5 rings (SSSR count). The third-order valence-electron chi connectivity index (χ3n) is 6.23. The molecule has 1 saturated heterocycles. The van der Waals surface area contributed by atoms with Crippen molar-refractivity contribution in [1.82, 2.24) is 29.9 Å². The Morgan fingerprint density at radius 3 is 2.65 bits per heavy atom. The van der Waals surface area contributed by atoms with Gasteiger partial charge in [-0.1, -0.05) is 18.2 Å². The summed E-state index contributed by atoms with van der Waals surface area (Å²) in [4.78, 5) is 21.4. The van der Waals surface area contributed by atoms with Crippen LogP contribution in [0.25, 0.3) is 5.82 Å². The van der Waals surface area contributed by atoms with Crippen molar-refractivity contribution in [2.75, 3.05) is 25.0 Å². The maximum absolute atomic E-state index is 13.1. The Morgan fingerprint density at radius 2 is 1.94 bits per heavy atom. The summed E-state index contributed by atoms with van der Waals surface area (Å²) in [5.74, 6) is 1.88. The highest BCUT2D eigenvalue weighted by Crippen LogP contribution is 2.24. The Morgan fingerprint density at radius 1 is 1.06 bits per heavy atom. The van der Waals surface area contributed by atoms with Crippen molar-refractivity contribution in [3.8, 4) is 5.82 Å². The standard InChI is InChI=1S/C26H27N7O/c1-31(23-8-3-2-4-9-23)25-13-11-22(29-30-25)17-20-7-5-15-32(19-20)26(34)21-10-12-24(27-18-21)33-16-6-14-28-33/h2-4,6,8-14,16,18,20H,5,7,15,17,19H2,1H3/t20-/m0/s1. The SMILES string of the molecule is CN(c1ccccc1)c1ccc(C[C@@H]2CCCN(C(=O)c3ccc(-n4cccn4)nc3)C2)nn1. The molecule has 1 aliphatic rings. The highest BCUT2D eigenvalue weighted by Gasteiger charge is 2.25. The fraction of sp³-hybridized carbons (Fsp3) is 0.269. The van der Waals surface area contributed by atoms with Gasteiger partial charge in [0.2, 0.25) is 0 Å². The minimum absolute atomic E-state index is 0.0233. The zero-order valence-corrected chi connectivity index (χ0v) is 19.2. The average Bonchev–Trinajstić information content (AvgIpc) is 3.44. The second-order valence-corrected chi connectivity index (χ2v) is 8.60. The smallest absolute Gasteiger partial charge is 0.255 e. The van der Waals surface area contributed by atoms with E-state index in [0.717, 1.165) is 43.0 Å². The van der Waals surface area contributed by atoms with E-state index in [4.69, 9.17) is 0 Å². The molecule has 8 nitrogen and oxygen atoms in total. The van der Waals surface area contributed by atoms with Crippen molar-refractivity contribution in [3.63, 3.8) is 0 Å². The number of pyridine rings is 1. The molecule has 0 unspecified atom stereocenters. The van der Waals surface area contributed by atoms with Crippen molar-refractivity contribution >= 4 is 17.4 Å². The number of benzene rings is 1. The van der Waals surface area contributed by atoms with Crippen molar-refractivity contribution in [3.05, 3.63) is 90.5 Å². The van der Waals surface area contributed by atoms with Crippen LogP contribution in [0.3, 0.4) is 0 Å². The molecule has 0 spiro atoms. The Bertz CT molecular complexity index is 1210. The highest BCUT2D eigenvalue weighted by atomic mass is 16.2. The fourth-order valence-corrected chi connectivity index (χ4v) is 4.37. The Hall–Kier alpha value is -4.07. The van der Waals surface area contributed by atoms with Crippen LogP contribution in [0.4, 0.5) is 11.5 Å². The first kappa shape index (κ1) is 21.8. The number of nitrogens with zero attached hydrogens (tertiary/aromatic N) is 7. The number of carbonyl (C=O) groups is 1. The average molecular weight is 454 g/mol. The number of para-hydroxylation sites is 1. The molecule has 34 heavy (non-hydrogen) atoms. The summed E-state index contributed by atoms with van der Waals surface area (Å²) in [7, 11) is 1.99. The normalized spacial score (nSPS) is 15.8. The summed E-state index contributed by atoms with van der Waals surface area (Å²) in [5.41, 5.74) is 2.62. The summed E-state index contributed by atoms with van der Waals surface area (Å²) in [6.07, 6.45) is 8.03. The van der Waals surface area contributed by atoms with E-state index >= 15 is 0 Å². The topological polar surface area (TPSA) is 80.0 Å². The molecule has 1 atom stereocenters. The van der Waals surface area contributed by atoms with Gasteiger partial charge in [-0.05, 0) is 67.6 Å². The van der Waals surface area contributed by atoms with E-state index in [1.54, 1.807) is 17.1 Å². The molecule has 4 heterocycles. The minimum atomic E-state index is 0.0233. The van der Waals surface area contributed by atoms with Gasteiger partial charge in [-0.15, -0.1) is 5.10 Å². The van der Waals surface area contributed by atoms with Crippen LogP contribution in [-0.4, -0.2) is 55.9 Å². The van der Waals surface area contributed by atoms with Gasteiger partial charge in [0, 0.05) is 44.4 Å². The maximum Gasteiger partial charge on any atom is 0.255 e. The number of rotatable bonds is 6. The monoisotopic (exact) mass is 453 g/mol. The lowest BCUT2D eigenvalue weighted by molar-refractivity contribution is 0.0672. The highest BCUT2D eigenvalue weighted by molar-refractivity contribution is 5.94. The Kier molecular flexibility index (Phi) is 6.29. The van der Waals surface area contributed by atoms with Gasteiger partial charge >= 0.3 is 0 Å². The van der Waals surface area contributed by atoms with E-state index in [0.29, 0.717) is 23.8 Å². The van der Waals surface area contributed by atoms with Gasteiger partial charge in [0.15, 0.2) is 11.6 Å². The lowest BCUT2D eigenvalue weighted by atomic mass is 9.93. The lowest BCUT2D eigenvalue weighted by Crippen LogP contribution is -2.40. The van der Waals surface area contributed by atoms with Crippen LogP contribution in [0.15, 0.2) is 79.3 Å². The summed E-state index contributed by atoms with van der Waals surface area (Å²) < 4.78 is 1.68. The van der Waals surface area contributed by atoms with Crippen LogP contribution >= 0.6 is 0 Å². The number of aromatic nitrogens is 5. The molecule has 0 radical (unpaired) electrons. The molecule has 0 N–H and O–H groups in total. The Balaban J connectivity index is 1.20. The molecular weight excluding hydrogens is 426 g/mol. The molecule has 1 aromatic carbocycles. The van der Waals surface area contributed by atoms with E-state index in [-0.39, 0.29) is 5.91 Å². The zero-order chi connectivity index (χ0) is 23.3. The van der Waals surface area contributed by atoms with Crippen LogP contribution in [-0.2, 0) is 6.42 Å². The van der Waals surface area contributed by atoms with Crippen molar-refractivity contribution in [2.24, 2.45) is 5.92 Å². The maximum atomic E-state index is 13.1. The molecule has 3 aromatic heterocycles. The first-order valence-electron chi connectivity index (χ1n) is 11.5. The molecule has 1 amide bonds. The van der Waals surface area contributed by atoms with Gasteiger partial charge in [0.05, 0.1) is 11.3 Å². The number of hydrogen-bond donors (Lipinski definition) is 0. The largest absolute Gasteiger partial charge is 0.338 e. The van der Waals surface area contributed by atoms with E-state index in [2.05, 4.69) is 20.3 Å². The van der Waals surface area contributed by atoms with Crippen molar-refractivity contribution in [1.29, 1.82) is 0 Å². The predicted molar refractivity (Wildman–Crippen MR) is 130 cm³/mol. The Labute approximate surface area is 198 Å². The van der Waals surface area contributed by atoms with Gasteiger partial charge in [-0.2, -0.15) is 10.2 Å². The third-order valence-corrected chi connectivity index (χ3v) is 6.23. The summed E-state index contributed by atoms with van der Waals surface area (Å²) in [6, 6.07) is 19.6. The first-order valence-corrected chi connectivity index (χ1v) is 11.5. The number of carbonyl (C=O) groups excluding carboxylic acids is 1. The number of likely N-dealkylation sites (tertiary alicyclic amines) is 1. The third kappa shape index (κ3) is 4.80. The number of hydrogen-bond acceptors (Lipinski definition) is 6. The zero-order valence-electron chi connectivity index (χ0n) is 19.2. The molecule has 4 aromatic rings. The summed E-state index contributed by atoms with van der Waals surface area (Å²) in [6.45, 7) is 1.48. The van der Waals surface area contributed by atoms with E-state index < -0.39 is 0 Å². The molecule has 1 aliphatic heterocycles. The number of piperidine rings is 1. The molecule has 1 fully saturated rings. The van der Waals surface area contributed by atoms with Gasteiger partial charge < -0.3 is 9.80 Å². The second kappa shape index (κ2) is 9.82. The van der Waals surface area contributed by atoms with E-state index in [1.165, 1.54) is 0 Å². The number of amides is 1. The van der Waals surface area contributed by atoms with Gasteiger partial charge in [-0.25, -0.2) is 9.67 Å². The molecule has 172 valence electrons. The second-order valence-electron chi connectivity index (χ2n) is 8.60. The molecule has 0 saturated carbocycles.